The summed E-state index contributed by atoms with van der Waals surface area (Å²) < 4.78 is 26.4. The summed E-state index contributed by atoms with van der Waals surface area (Å²) in [6, 6.07) is 8.99. The maximum Gasteiger partial charge on any atom is 0.221 e. The third-order valence-electron chi connectivity index (χ3n) is 2.39. The monoisotopic (exact) mass is 230 g/mol. The molecule has 0 atom stereocenters. The topological polar surface area (TPSA) is 36.7 Å². The molecule has 4 heteroatoms. The van der Waals surface area contributed by atoms with Crippen LogP contribution >= 0.6 is 0 Å². The minimum Gasteiger partial charge on any atom is -0.228 e. The molecule has 1 heterocycles. The molecule has 0 aliphatic carbocycles. The van der Waals surface area contributed by atoms with E-state index in [0.29, 0.717) is 11.1 Å². The van der Waals surface area contributed by atoms with Gasteiger partial charge in [0.2, 0.25) is 5.95 Å². The van der Waals surface area contributed by atoms with Crippen molar-refractivity contribution in [3.8, 4) is 17.2 Å². The second kappa shape index (κ2) is 4.71. The van der Waals surface area contributed by atoms with E-state index in [0.717, 1.165) is 0 Å². The Labute approximate surface area is 97.2 Å². The lowest BCUT2D eigenvalue weighted by Crippen LogP contribution is -1.95. The van der Waals surface area contributed by atoms with Crippen molar-refractivity contribution in [1.82, 2.24) is 4.98 Å². The highest BCUT2D eigenvalue weighted by atomic mass is 19.1. The molecule has 2 rings (SSSR count). The molecule has 2 nitrogen and oxygen atoms in total. The second-order valence-electron chi connectivity index (χ2n) is 3.48. The van der Waals surface area contributed by atoms with Crippen molar-refractivity contribution >= 4 is 0 Å². The summed E-state index contributed by atoms with van der Waals surface area (Å²) >= 11 is 0. The number of hydrogen-bond donors (Lipinski definition) is 0. The first-order valence-electron chi connectivity index (χ1n) is 4.98. The van der Waals surface area contributed by atoms with Gasteiger partial charge in [0.1, 0.15) is 5.82 Å². The van der Waals surface area contributed by atoms with Gasteiger partial charge in [-0.05, 0) is 29.3 Å². The normalized spacial score (nSPS) is 9.94. The molecule has 0 unspecified atom stereocenters. The van der Waals surface area contributed by atoms with Gasteiger partial charge in [-0.25, -0.2) is 9.37 Å². The molecule has 0 bridgehead atoms. The molecule has 0 fully saturated rings. The molecule has 0 saturated heterocycles. The minimum atomic E-state index is -0.649. The number of nitriles is 1. The van der Waals surface area contributed by atoms with E-state index in [2.05, 4.69) is 4.98 Å². The number of aromatic nitrogens is 1. The summed E-state index contributed by atoms with van der Waals surface area (Å²) in [5.41, 5.74) is 1.32. The van der Waals surface area contributed by atoms with Gasteiger partial charge < -0.3 is 0 Å². The zero-order valence-corrected chi connectivity index (χ0v) is 8.82. The van der Waals surface area contributed by atoms with Gasteiger partial charge in [-0.2, -0.15) is 9.65 Å². The van der Waals surface area contributed by atoms with Crippen molar-refractivity contribution in [2.45, 2.75) is 6.42 Å². The van der Waals surface area contributed by atoms with Crippen molar-refractivity contribution in [3.05, 3.63) is 53.9 Å². The Kier molecular flexibility index (Phi) is 3.10. The molecule has 0 aliphatic rings. The first kappa shape index (κ1) is 11.2. The first-order chi connectivity index (χ1) is 8.22. The Morgan fingerprint density at radius 3 is 2.47 bits per heavy atom. The molecule has 0 radical (unpaired) electrons. The van der Waals surface area contributed by atoms with E-state index in [9.17, 15) is 8.78 Å². The van der Waals surface area contributed by atoms with Crippen LogP contribution in [0.15, 0.2) is 36.5 Å². The lowest BCUT2D eigenvalue weighted by atomic mass is 10.00. The molecule has 0 amide bonds. The van der Waals surface area contributed by atoms with Crippen LogP contribution in [-0.2, 0) is 6.42 Å². The van der Waals surface area contributed by atoms with Crippen molar-refractivity contribution in [3.63, 3.8) is 0 Å². The van der Waals surface area contributed by atoms with Gasteiger partial charge in [0.25, 0.3) is 0 Å². The molecular formula is C13H8F2N2. The standard InChI is InChI=1S/C13H8F2N2/c14-11-3-1-9(2-4-11)12-10(5-7-16)6-8-17-13(12)15/h1-4,6,8H,5H2. The lowest BCUT2D eigenvalue weighted by molar-refractivity contribution is 0.585. The number of hydrogen-bond acceptors (Lipinski definition) is 2. The summed E-state index contributed by atoms with van der Waals surface area (Å²) in [7, 11) is 0. The zero-order valence-electron chi connectivity index (χ0n) is 8.82. The van der Waals surface area contributed by atoms with Crippen LogP contribution in [0.1, 0.15) is 5.56 Å². The van der Waals surface area contributed by atoms with Gasteiger partial charge in [0.05, 0.1) is 12.5 Å². The molecule has 0 spiro atoms. The SMILES string of the molecule is N#CCc1ccnc(F)c1-c1ccc(F)cc1. The van der Waals surface area contributed by atoms with Gasteiger partial charge in [-0.3, -0.25) is 0 Å². The minimum absolute atomic E-state index is 0.0894. The Hall–Kier alpha value is -2.28. The maximum absolute atomic E-state index is 13.6. The van der Waals surface area contributed by atoms with Crippen molar-refractivity contribution in [1.29, 1.82) is 5.26 Å². The van der Waals surface area contributed by atoms with Crippen LogP contribution in [-0.4, -0.2) is 4.98 Å². The highest BCUT2D eigenvalue weighted by molar-refractivity contribution is 5.67. The number of halogens is 2. The van der Waals surface area contributed by atoms with E-state index in [-0.39, 0.29) is 17.8 Å². The second-order valence-corrected chi connectivity index (χ2v) is 3.48. The Balaban J connectivity index is 2.57. The van der Waals surface area contributed by atoms with E-state index >= 15 is 0 Å². The van der Waals surface area contributed by atoms with Crippen LogP contribution in [0.2, 0.25) is 0 Å². The highest BCUT2D eigenvalue weighted by Crippen LogP contribution is 2.26. The fraction of sp³-hybridized carbons (Fsp3) is 0.0769. The number of nitrogens with zero attached hydrogens (tertiary/aromatic N) is 2. The van der Waals surface area contributed by atoms with Gasteiger partial charge in [-0.1, -0.05) is 12.1 Å². The fourth-order valence-corrected chi connectivity index (χ4v) is 1.63. The Morgan fingerprint density at radius 1 is 1.12 bits per heavy atom. The van der Waals surface area contributed by atoms with E-state index in [4.69, 9.17) is 5.26 Å². The van der Waals surface area contributed by atoms with E-state index < -0.39 is 5.95 Å². The van der Waals surface area contributed by atoms with Crippen LogP contribution in [0, 0.1) is 23.1 Å². The van der Waals surface area contributed by atoms with Gasteiger partial charge >= 0.3 is 0 Å². The van der Waals surface area contributed by atoms with Crippen molar-refractivity contribution in [2.75, 3.05) is 0 Å². The van der Waals surface area contributed by atoms with E-state index in [1.165, 1.54) is 30.5 Å². The predicted octanol–water partition coefficient (Wildman–Crippen LogP) is 3.09. The van der Waals surface area contributed by atoms with Crippen molar-refractivity contribution in [2.24, 2.45) is 0 Å². The number of rotatable bonds is 2. The third kappa shape index (κ3) is 2.28. The summed E-state index contributed by atoms with van der Waals surface area (Å²) in [4.78, 5) is 3.55. The first-order valence-corrected chi connectivity index (χ1v) is 4.98. The third-order valence-corrected chi connectivity index (χ3v) is 2.39. The van der Waals surface area contributed by atoms with Crippen LogP contribution in [0.4, 0.5) is 8.78 Å². The quantitative estimate of drug-likeness (QED) is 0.743. The average molecular weight is 230 g/mol. The summed E-state index contributed by atoms with van der Waals surface area (Å²) in [6.45, 7) is 0. The smallest absolute Gasteiger partial charge is 0.221 e. The van der Waals surface area contributed by atoms with Crippen LogP contribution in [0.3, 0.4) is 0 Å². The van der Waals surface area contributed by atoms with E-state index in [1.807, 2.05) is 6.07 Å². The lowest BCUT2D eigenvalue weighted by Gasteiger charge is -2.07. The fourth-order valence-electron chi connectivity index (χ4n) is 1.63. The summed E-state index contributed by atoms with van der Waals surface area (Å²) in [5, 5.41) is 8.67. The average Bonchev–Trinajstić information content (AvgIpc) is 2.32. The molecule has 1 aromatic carbocycles. The maximum atomic E-state index is 13.6. The molecule has 0 aliphatic heterocycles. The molecule has 1 aromatic heterocycles. The van der Waals surface area contributed by atoms with Gasteiger partial charge in [0.15, 0.2) is 0 Å². The highest BCUT2D eigenvalue weighted by Gasteiger charge is 2.11. The van der Waals surface area contributed by atoms with Gasteiger partial charge in [0, 0.05) is 11.8 Å². The number of benzene rings is 1. The van der Waals surface area contributed by atoms with Crippen LogP contribution < -0.4 is 0 Å². The Bertz CT molecular complexity index is 571. The van der Waals surface area contributed by atoms with Crippen molar-refractivity contribution < 1.29 is 8.78 Å². The molecule has 84 valence electrons. The van der Waals surface area contributed by atoms with Crippen LogP contribution in [0.5, 0.6) is 0 Å². The molecule has 2 aromatic rings. The van der Waals surface area contributed by atoms with E-state index in [1.54, 1.807) is 6.07 Å². The Morgan fingerprint density at radius 2 is 1.82 bits per heavy atom. The summed E-state index contributed by atoms with van der Waals surface area (Å²) in [5.74, 6) is -1.04. The molecule has 0 N–H and O–H groups in total. The predicted molar refractivity (Wildman–Crippen MR) is 58.9 cm³/mol. The molecule has 17 heavy (non-hydrogen) atoms. The largest absolute Gasteiger partial charge is 0.228 e. The molecular weight excluding hydrogens is 222 g/mol. The van der Waals surface area contributed by atoms with Gasteiger partial charge in [-0.15, -0.1) is 0 Å². The summed E-state index contributed by atoms with van der Waals surface area (Å²) in [6.07, 6.45) is 1.40. The number of pyridine rings is 1. The molecule has 0 saturated carbocycles. The zero-order chi connectivity index (χ0) is 12.3. The van der Waals surface area contributed by atoms with Crippen LogP contribution in [0.25, 0.3) is 11.1 Å².